The summed E-state index contributed by atoms with van der Waals surface area (Å²) in [6.45, 7) is 14.5. The molecule has 0 spiro atoms. The van der Waals surface area contributed by atoms with E-state index >= 15 is 0 Å². The largest absolute Gasteiger partial charge is 0.309 e. The van der Waals surface area contributed by atoms with Crippen molar-refractivity contribution in [3.63, 3.8) is 0 Å². The zero-order chi connectivity index (χ0) is 36.0. The normalized spacial score (nSPS) is 16.8. The molecule has 0 amide bonds. The molecule has 258 valence electrons. The highest BCUT2D eigenvalue weighted by molar-refractivity contribution is 6.25. The van der Waals surface area contributed by atoms with Crippen molar-refractivity contribution in [2.75, 3.05) is 0 Å². The van der Waals surface area contributed by atoms with E-state index in [9.17, 15) is 0 Å². The topological polar surface area (TPSA) is 9.86 Å². The lowest BCUT2D eigenvalue weighted by Crippen LogP contribution is -2.33. The van der Waals surface area contributed by atoms with E-state index in [1.807, 2.05) is 0 Å². The number of hydrogen-bond donors (Lipinski definition) is 0. The molecule has 0 bridgehead atoms. The average Bonchev–Trinajstić information content (AvgIpc) is 3.75. The Bertz CT molecular complexity index is 3020. The Morgan fingerprint density at radius 3 is 1.87 bits per heavy atom. The number of aromatic nitrogens is 2. The van der Waals surface area contributed by atoms with Gasteiger partial charge in [0.2, 0.25) is 0 Å². The van der Waals surface area contributed by atoms with Crippen molar-refractivity contribution in [2.24, 2.45) is 0 Å². The first-order valence-corrected chi connectivity index (χ1v) is 19.3. The van der Waals surface area contributed by atoms with E-state index in [1.54, 1.807) is 0 Å². The van der Waals surface area contributed by atoms with E-state index in [0.717, 1.165) is 0 Å². The summed E-state index contributed by atoms with van der Waals surface area (Å²) < 4.78 is 5.13. The third-order valence-corrected chi connectivity index (χ3v) is 13.4. The highest BCUT2D eigenvalue weighted by atomic mass is 15.0. The molecule has 53 heavy (non-hydrogen) atoms. The smallest absolute Gasteiger partial charge is 0.0549 e. The van der Waals surface area contributed by atoms with E-state index in [2.05, 4.69) is 184 Å². The molecule has 0 fully saturated rings. The van der Waals surface area contributed by atoms with E-state index in [0.29, 0.717) is 0 Å². The van der Waals surface area contributed by atoms with Gasteiger partial charge in [-0.1, -0.05) is 126 Å². The molecule has 0 unspecified atom stereocenters. The standard InChI is InChI=1S/C51H44N2/c1-49(2)25-26-50(3,4)41-30-46-35(27-40(41)49)36-28-45-37(29-44(36)52(46)32-16-8-7-9-17-32)47-33-18-11-10-15-31(33)23-24-43(47)53(45)42-22-14-21-39-48(42)34-19-12-13-20-38(34)51(39,5)6/h7-24,27-30H,25-26H2,1-6H3. The predicted octanol–water partition coefficient (Wildman–Crippen LogP) is 13.7. The second-order valence-corrected chi connectivity index (χ2v) is 17.6. The van der Waals surface area contributed by atoms with Gasteiger partial charge in [0.25, 0.3) is 0 Å². The summed E-state index contributed by atoms with van der Waals surface area (Å²) in [5.74, 6) is 0. The van der Waals surface area contributed by atoms with Gasteiger partial charge in [-0.05, 0) is 111 Å². The lowest BCUT2D eigenvalue weighted by Gasteiger charge is -2.42. The summed E-state index contributed by atoms with van der Waals surface area (Å²) in [4.78, 5) is 0. The molecule has 2 nitrogen and oxygen atoms in total. The van der Waals surface area contributed by atoms with Crippen LogP contribution in [0.1, 0.15) is 76.6 Å². The number of hydrogen-bond acceptors (Lipinski definition) is 0. The molecule has 2 heteroatoms. The molecule has 9 aromatic rings. The highest BCUT2D eigenvalue weighted by Gasteiger charge is 2.39. The Morgan fingerprint density at radius 1 is 0.434 bits per heavy atom. The second kappa shape index (κ2) is 10.3. The maximum atomic E-state index is 2.59. The van der Waals surface area contributed by atoms with Crippen LogP contribution in [0, 0.1) is 0 Å². The molecule has 0 saturated heterocycles. The van der Waals surface area contributed by atoms with Gasteiger partial charge < -0.3 is 9.13 Å². The maximum Gasteiger partial charge on any atom is 0.0549 e. The van der Waals surface area contributed by atoms with Gasteiger partial charge in [-0.25, -0.2) is 0 Å². The molecule has 0 aliphatic heterocycles. The van der Waals surface area contributed by atoms with Crippen LogP contribution in [-0.2, 0) is 16.2 Å². The van der Waals surface area contributed by atoms with Crippen molar-refractivity contribution in [1.82, 2.24) is 9.13 Å². The van der Waals surface area contributed by atoms with Crippen LogP contribution in [0.2, 0.25) is 0 Å². The minimum absolute atomic E-state index is 0.0799. The summed E-state index contributed by atoms with van der Waals surface area (Å²) in [6.07, 6.45) is 2.39. The molecule has 2 heterocycles. The fraction of sp³-hybridized carbons (Fsp3) is 0.216. The molecule has 0 N–H and O–H groups in total. The van der Waals surface area contributed by atoms with Crippen molar-refractivity contribution in [3.8, 4) is 22.5 Å². The lowest BCUT2D eigenvalue weighted by atomic mass is 9.63. The van der Waals surface area contributed by atoms with Crippen LogP contribution in [0.4, 0.5) is 0 Å². The first kappa shape index (κ1) is 31.0. The number of benzene rings is 7. The Balaban J connectivity index is 1.35. The van der Waals surface area contributed by atoms with Crippen LogP contribution in [0.25, 0.3) is 76.9 Å². The monoisotopic (exact) mass is 684 g/mol. The zero-order valence-electron chi connectivity index (χ0n) is 31.5. The van der Waals surface area contributed by atoms with Gasteiger partial charge in [0.1, 0.15) is 0 Å². The fourth-order valence-electron chi connectivity index (χ4n) is 10.4. The maximum absolute atomic E-state index is 2.59. The molecule has 7 aromatic carbocycles. The molecule has 2 aromatic heterocycles. The van der Waals surface area contributed by atoms with Gasteiger partial charge in [-0.3, -0.25) is 0 Å². The Kier molecular flexibility index (Phi) is 6.01. The Hall–Kier alpha value is -5.60. The summed E-state index contributed by atoms with van der Waals surface area (Å²) in [6, 6.07) is 50.8. The first-order valence-electron chi connectivity index (χ1n) is 19.3. The van der Waals surface area contributed by atoms with Gasteiger partial charge in [-0.2, -0.15) is 0 Å². The highest BCUT2D eigenvalue weighted by Crippen LogP contribution is 2.53. The third kappa shape index (κ3) is 4.04. The van der Waals surface area contributed by atoms with Crippen molar-refractivity contribution in [3.05, 3.63) is 156 Å². The Labute approximate surface area is 311 Å². The van der Waals surface area contributed by atoms with Crippen LogP contribution < -0.4 is 0 Å². The van der Waals surface area contributed by atoms with Crippen LogP contribution in [-0.4, -0.2) is 9.13 Å². The van der Waals surface area contributed by atoms with Crippen molar-refractivity contribution < 1.29 is 0 Å². The molecule has 11 rings (SSSR count). The van der Waals surface area contributed by atoms with Crippen molar-refractivity contribution in [1.29, 1.82) is 0 Å². The molecule has 2 aliphatic rings. The predicted molar refractivity (Wildman–Crippen MR) is 225 cm³/mol. The van der Waals surface area contributed by atoms with E-state index in [-0.39, 0.29) is 16.2 Å². The number of nitrogens with zero attached hydrogens (tertiary/aromatic N) is 2. The summed E-state index contributed by atoms with van der Waals surface area (Å²) in [5.41, 5.74) is 16.1. The minimum Gasteiger partial charge on any atom is -0.309 e. The molecular weight excluding hydrogens is 641 g/mol. The molecule has 0 saturated carbocycles. The van der Waals surface area contributed by atoms with E-state index < -0.39 is 0 Å². The van der Waals surface area contributed by atoms with E-state index in [1.165, 1.54) is 112 Å². The van der Waals surface area contributed by atoms with Gasteiger partial charge >= 0.3 is 0 Å². The quantitative estimate of drug-likeness (QED) is 0.172. The average molecular weight is 685 g/mol. The van der Waals surface area contributed by atoms with Crippen molar-refractivity contribution in [2.45, 2.75) is 70.6 Å². The van der Waals surface area contributed by atoms with Gasteiger partial charge in [0.05, 0.1) is 27.8 Å². The van der Waals surface area contributed by atoms with Gasteiger partial charge in [0.15, 0.2) is 0 Å². The summed E-state index contributed by atoms with van der Waals surface area (Å²) >= 11 is 0. The van der Waals surface area contributed by atoms with Crippen LogP contribution in [0.5, 0.6) is 0 Å². The molecule has 0 atom stereocenters. The molecule has 2 aliphatic carbocycles. The lowest BCUT2D eigenvalue weighted by molar-refractivity contribution is 0.332. The van der Waals surface area contributed by atoms with Crippen molar-refractivity contribution >= 4 is 54.4 Å². The molecule has 0 radical (unpaired) electrons. The summed E-state index contributed by atoms with van der Waals surface area (Å²) in [7, 11) is 0. The first-order chi connectivity index (χ1) is 25.5. The van der Waals surface area contributed by atoms with Gasteiger partial charge in [0, 0.05) is 38.2 Å². The zero-order valence-corrected chi connectivity index (χ0v) is 31.5. The van der Waals surface area contributed by atoms with Gasteiger partial charge in [-0.15, -0.1) is 0 Å². The third-order valence-electron chi connectivity index (χ3n) is 13.4. The molecular formula is C51H44N2. The number of para-hydroxylation sites is 1. The number of fused-ring (bicyclic) bond motifs is 12. The van der Waals surface area contributed by atoms with Crippen LogP contribution in [0.15, 0.2) is 133 Å². The fourth-order valence-corrected chi connectivity index (χ4v) is 10.4. The SMILES string of the molecule is CC1(C)CCC(C)(C)c2cc3c(cc21)c1cc2c(cc1n3-c1ccccc1)c1c3ccccc3ccc1n2-c1cccc2c1-c1ccccc1C2(C)C. The summed E-state index contributed by atoms with van der Waals surface area (Å²) in [5, 5.41) is 7.81. The second-order valence-electron chi connectivity index (χ2n) is 17.6. The van der Waals surface area contributed by atoms with Crippen LogP contribution >= 0.6 is 0 Å². The Morgan fingerprint density at radius 2 is 1.06 bits per heavy atom. The number of rotatable bonds is 2. The minimum atomic E-state index is -0.0799. The van der Waals surface area contributed by atoms with Crippen LogP contribution in [0.3, 0.4) is 0 Å². The van der Waals surface area contributed by atoms with E-state index in [4.69, 9.17) is 0 Å².